The van der Waals surface area contributed by atoms with Crippen molar-refractivity contribution < 1.29 is 0 Å². The zero-order valence-corrected chi connectivity index (χ0v) is 11.5. The fourth-order valence-corrected chi connectivity index (χ4v) is 3.51. The van der Waals surface area contributed by atoms with Gasteiger partial charge < -0.3 is 9.88 Å². The van der Waals surface area contributed by atoms with Crippen molar-refractivity contribution in [3.8, 4) is 0 Å². The molecule has 1 saturated heterocycles. The van der Waals surface area contributed by atoms with E-state index in [9.17, 15) is 0 Å². The molecule has 1 aliphatic heterocycles. The van der Waals surface area contributed by atoms with E-state index in [0.717, 1.165) is 31.8 Å². The Balaban J connectivity index is 1.61. The van der Waals surface area contributed by atoms with Crippen LogP contribution in [0.3, 0.4) is 0 Å². The van der Waals surface area contributed by atoms with Gasteiger partial charge in [-0.2, -0.15) is 0 Å². The van der Waals surface area contributed by atoms with E-state index in [1.165, 1.54) is 36.3 Å². The monoisotopic (exact) mass is 269 g/mol. The summed E-state index contributed by atoms with van der Waals surface area (Å²) in [5.74, 6) is 2.77. The van der Waals surface area contributed by atoms with Crippen LogP contribution in [0.4, 0.5) is 5.82 Å². The molecular weight excluding hydrogens is 250 g/mol. The molecular formula is C15H19N5. The molecule has 1 N–H and O–H groups in total. The molecule has 2 aromatic rings. The summed E-state index contributed by atoms with van der Waals surface area (Å²) in [4.78, 5) is 19.1. The standard InChI is InChI=1S/C15H19N5/c1-4-12-13(5-1)18-10-19-15(12)20-8-2-3-11(9-20)14-16-6-7-17-14/h6-7,10-11H,1-5,8-9H2,(H,16,17)/t11-/m1/s1. The van der Waals surface area contributed by atoms with Crippen LogP contribution in [0.1, 0.15) is 42.3 Å². The number of imidazole rings is 1. The number of H-pyrrole nitrogens is 1. The molecule has 0 saturated carbocycles. The summed E-state index contributed by atoms with van der Waals surface area (Å²) in [5, 5.41) is 0. The van der Waals surface area contributed by atoms with Gasteiger partial charge in [-0.25, -0.2) is 15.0 Å². The fraction of sp³-hybridized carbons (Fsp3) is 0.533. The summed E-state index contributed by atoms with van der Waals surface area (Å²) in [6, 6.07) is 0. The van der Waals surface area contributed by atoms with Gasteiger partial charge in [-0.05, 0) is 32.1 Å². The molecule has 5 nitrogen and oxygen atoms in total. The van der Waals surface area contributed by atoms with E-state index in [1.807, 2.05) is 12.4 Å². The number of aromatic nitrogens is 4. The van der Waals surface area contributed by atoms with E-state index >= 15 is 0 Å². The molecule has 0 radical (unpaired) electrons. The molecule has 1 aliphatic carbocycles. The van der Waals surface area contributed by atoms with Crippen molar-refractivity contribution in [3.63, 3.8) is 0 Å². The van der Waals surface area contributed by atoms with Gasteiger partial charge >= 0.3 is 0 Å². The molecule has 0 bridgehead atoms. The van der Waals surface area contributed by atoms with Crippen LogP contribution in [0.5, 0.6) is 0 Å². The Bertz CT molecular complexity index is 592. The Morgan fingerprint density at radius 1 is 1.15 bits per heavy atom. The van der Waals surface area contributed by atoms with Gasteiger partial charge in [0, 0.05) is 42.7 Å². The Hall–Kier alpha value is -1.91. The smallest absolute Gasteiger partial charge is 0.135 e. The Labute approximate surface area is 118 Å². The first-order valence-corrected chi connectivity index (χ1v) is 7.49. The third-order valence-corrected chi connectivity index (χ3v) is 4.48. The number of aryl methyl sites for hydroxylation is 1. The predicted molar refractivity (Wildman–Crippen MR) is 76.8 cm³/mol. The second-order valence-electron chi connectivity index (χ2n) is 5.74. The van der Waals surface area contributed by atoms with Gasteiger partial charge in [0.25, 0.3) is 0 Å². The lowest BCUT2D eigenvalue weighted by atomic mass is 9.97. The van der Waals surface area contributed by atoms with E-state index in [4.69, 9.17) is 0 Å². The van der Waals surface area contributed by atoms with Gasteiger partial charge in [-0.1, -0.05) is 0 Å². The SMILES string of the molecule is c1c[nH]c([C@@H]2CCCN(c3ncnc4c3CCC4)C2)n1. The quantitative estimate of drug-likeness (QED) is 0.906. The van der Waals surface area contributed by atoms with Crippen molar-refractivity contribution in [2.45, 2.75) is 38.0 Å². The Morgan fingerprint density at radius 2 is 2.15 bits per heavy atom. The van der Waals surface area contributed by atoms with Gasteiger partial charge in [0.15, 0.2) is 0 Å². The zero-order valence-electron chi connectivity index (χ0n) is 11.5. The van der Waals surface area contributed by atoms with Crippen molar-refractivity contribution in [1.82, 2.24) is 19.9 Å². The zero-order chi connectivity index (χ0) is 13.4. The maximum Gasteiger partial charge on any atom is 0.135 e. The number of nitrogens with one attached hydrogen (secondary N) is 1. The van der Waals surface area contributed by atoms with Gasteiger partial charge in [-0.3, -0.25) is 0 Å². The summed E-state index contributed by atoms with van der Waals surface area (Å²) in [5.41, 5.74) is 2.64. The molecule has 3 heterocycles. The second kappa shape index (κ2) is 4.89. The molecule has 0 unspecified atom stereocenters. The molecule has 1 fully saturated rings. The van der Waals surface area contributed by atoms with Crippen LogP contribution in [0, 0.1) is 0 Å². The highest BCUT2D eigenvalue weighted by Gasteiger charge is 2.27. The number of nitrogens with zero attached hydrogens (tertiary/aromatic N) is 4. The molecule has 104 valence electrons. The maximum absolute atomic E-state index is 4.57. The van der Waals surface area contributed by atoms with Gasteiger partial charge in [0.05, 0.1) is 0 Å². The van der Waals surface area contributed by atoms with E-state index < -0.39 is 0 Å². The first kappa shape index (κ1) is 11.9. The third-order valence-electron chi connectivity index (χ3n) is 4.48. The van der Waals surface area contributed by atoms with E-state index in [-0.39, 0.29) is 0 Å². The first-order valence-electron chi connectivity index (χ1n) is 7.49. The molecule has 0 amide bonds. The van der Waals surface area contributed by atoms with Crippen molar-refractivity contribution >= 4 is 5.82 Å². The minimum atomic E-state index is 0.491. The van der Waals surface area contributed by atoms with Crippen LogP contribution >= 0.6 is 0 Å². The number of rotatable bonds is 2. The molecule has 4 rings (SSSR count). The highest BCUT2D eigenvalue weighted by molar-refractivity contribution is 5.51. The van der Waals surface area contributed by atoms with Crippen LogP contribution in [-0.2, 0) is 12.8 Å². The maximum atomic E-state index is 4.57. The van der Waals surface area contributed by atoms with Gasteiger partial charge in [0.1, 0.15) is 18.0 Å². The summed E-state index contributed by atoms with van der Waals surface area (Å²) in [7, 11) is 0. The van der Waals surface area contributed by atoms with E-state index in [0.29, 0.717) is 5.92 Å². The minimum Gasteiger partial charge on any atom is -0.356 e. The largest absolute Gasteiger partial charge is 0.356 e. The molecule has 20 heavy (non-hydrogen) atoms. The number of anilines is 1. The number of piperidine rings is 1. The van der Waals surface area contributed by atoms with Crippen LogP contribution in [-0.4, -0.2) is 33.0 Å². The Kier molecular flexibility index (Phi) is 2.90. The van der Waals surface area contributed by atoms with Gasteiger partial charge in [0.2, 0.25) is 0 Å². The number of hydrogen-bond acceptors (Lipinski definition) is 4. The minimum absolute atomic E-state index is 0.491. The summed E-state index contributed by atoms with van der Waals surface area (Å²) >= 11 is 0. The van der Waals surface area contributed by atoms with Gasteiger partial charge in [-0.15, -0.1) is 0 Å². The molecule has 5 heteroatoms. The Morgan fingerprint density at radius 3 is 3.05 bits per heavy atom. The highest BCUT2D eigenvalue weighted by atomic mass is 15.2. The van der Waals surface area contributed by atoms with E-state index in [1.54, 1.807) is 6.33 Å². The molecule has 0 spiro atoms. The number of fused-ring (bicyclic) bond motifs is 1. The van der Waals surface area contributed by atoms with Crippen molar-refractivity contribution in [3.05, 3.63) is 35.8 Å². The number of aromatic amines is 1. The molecule has 2 aliphatic rings. The van der Waals surface area contributed by atoms with Crippen LogP contribution in [0.15, 0.2) is 18.7 Å². The molecule has 1 atom stereocenters. The molecule has 2 aromatic heterocycles. The van der Waals surface area contributed by atoms with Crippen LogP contribution < -0.4 is 4.90 Å². The lowest BCUT2D eigenvalue weighted by molar-refractivity contribution is 0.490. The average Bonchev–Trinajstić information content (AvgIpc) is 3.18. The fourth-order valence-electron chi connectivity index (χ4n) is 3.51. The van der Waals surface area contributed by atoms with Crippen molar-refractivity contribution in [2.24, 2.45) is 0 Å². The summed E-state index contributed by atoms with van der Waals surface area (Å²) in [6.07, 6.45) is 11.4. The summed E-state index contributed by atoms with van der Waals surface area (Å²) in [6.45, 7) is 2.11. The van der Waals surface area contributed by atoms with Crippen LogP contribution in [0.25, 0.3) is 0 Å². The average molecular weight is 269 g/mol. The van der Waals surface area contributed by atoms with E-state index in [2.05, 4.69) is 24.8 Å². The number of hydrogen-bond donors (Lipinski definition) is 1. The lowest BCUT2D eigenvalue weighted by Gasteiger charge is -2.33. The normalized spacial score (nSPS) is 22.0. The topological polar surface area (TPSA) is 57.7 Å². The molecule has 0 aromatic carbocycles. The van der Waals surface area contributed by atoms with Crippen LogP contribution in [0.2, 0.25) is 0 Å². The summed E-state index contributed by atoms with van der Waals surface area (Å²) < 4.78 is 0. The lowest BCUT2D eigenvalue weighted by Crippen LogP contribution is -2.36. The van der Waals surface area contributed by atoms with Crippen molar-refractivity contribution in [1.29, 1.82) is 0 Å². The first-order chi connectivity index (χ1) is 9.92. The third kappa shape index (κ3) is 1.97. The van der Waals surface area contributed by atoms with Crippen molar-refractivity contribution in [2.75, 3.05) is 18.0 Å². The second-order valence-corrected chi connectivity index (χ2v) is 5.74. The highest BCUT2D eigenvalue weighted by Crippen LogP contribution is 2.32. The predicted octanol–water partition coefficient (Wildman–Crippen LogP) is 2.07.